The molecule has 0 atom stereocenters. The first-order valence-corrected chi connectivity index (χ1v) is 20.3. The van der Waals surface area contributed by atoms with E-state index in [1.807, 2.05) is 0 Å². The number of aryl methyl sites for hydroxylation is 2. The predicted molar refractivity (Wildman–Crippen MR) is 242 cm³/mol. The van der Waals surface area contributed by atoms with Crippen LogP contribution in [-0.2, 0) is 10.8 Å². The minimum atomic E-state index is -0.108. The summed E-state index contributed by atoms with van der Waals surface area (Å²) in [7, 11) is 0. The molecule has 0 heterocycles. The van der Waals surface area contributed by atoms with E-state index in [-0.39, 0.29) is 10.8 Å². The Bertz CT molecular complexity index is 2670. The number of anilines is 3. The Morgan fingerprint density at radius 3 is 1.11 bits per heavy atom. The third kappa shape index (κ3) is 5.59. The third-order valence-electron chi connectivity index (χ3n) is 12.8. The molecule has 0 aliphatic heterocycles. The number of rotatable bonds is 6. The van der Waals surface area contributed by atoms with Gasteiger partial charge in [0.2, 0.25) is 0 Å². The smallest absolute Gasteiger partial charge is 0.0520 e. The Hall–Kier alpha value is -6.44. The molecule has 276 valence electrons. The topological polar surface area (TPSA) is 3.24 Å². The van der Waals surface area contributed by atoms with Gasteiger partial charge in [0.05, 0.1) is 5.69 Å². The summed E-state index contributed by atoms with van der Waals surface area (Å²) in [6.07, 6.45) is 0. The van der Waals surface area contributed by atoms with Gasteiger partial charge < -0.3 is 4.90 Å². The normalized spacial score (nSPS) is 14.1. The van der Waals surface area contributed by atoms with Gasteiger partial charge in [0.1, 0.15) is 0 Å². The summed E-state index contributed by atoms with van der Waals surface area (Å²) in [5.41, 5.74) is 24.1. The van der Waals surface area contributed by atoms with E-state index in [1.54, 1.807) is 0 Å². The molecule has 0 amide bonds. The summed E-state index contributed by atoms with van der Waals surface area (Å²) >= 11 is 0. The van der Waals surface area contributed by atoms with Crippen LogP contribution in [0.15, 0.2) is 176 Å². The molecule has 2 aliphatic rings. The van der Waals surface area contributed by atoms with E-state index in [0.29, 0.717) is 0 Å². The van der Waals surface area contributed by atoms with Crippen LogP contribution >= 0.6 is 0 Å². The quantitative estimate of drug-likeness (QED) is 0.164. The van der Waals surface area contributed by atoms with Crippen LogP contribution in [-0.4, -0.2) is 0 Å². The predicted octanol–water partition coefficient (Wildman–Crippen LogP) is 15.4. The number of nitrogens with zero attached hydrogens (tertiary/aromatic N) is 1. The van der Waals surface area contributed by atoms with Crippen molar-refractivity contribution in [3.05, 3.63) is 209 Å². The maximum absolute atomic E-state index is 2.53. The van der Waals surface area contributed by atoms with E-state index in [1.165, 1.54) is 106 Å². The summed E-state index contributed by atoms with van der Waals surface area (Å²) in [5.74, 6) is 0. The fourth-order valence-corrected chi connectivity index (χ4v) is 9.93. The van der Waals surface area contributed by atoms with Gasteiger partial charge in [-0.3, -0.25) is 0 Å². The van der Waals surface area contributed by atoms with Crippen LogP contribution in [0.3, 0.4) is 0 Å². The Kier molecular flexibility index (Phi) is 8.03. The minimum absolute atomic E-state index is 0.108. The van der Waals surface area contributed by atoms with Crippen LogP contribution in [0.25, 0.3) is 55.6 Å². The van der Waals surface area contributed by atoms with Gasteiger partial charge in [0.15, 0.2) is 0 Å². The molecule has 0 fully saturated rings. The van der Waals surface area contributed by atoms with Crippen molar-refractivity contribution in [2.45, 2.75) is 52.4 Å². The fraction of sp³-hybridized carbons (Fsp3) is 0.143. The Labute approximate surface area is 337 Å². The molecule has 8 aromatic carbocycles. The van der Waals surface area contributed by atoms with Crippen LogP contribution in [0, 0.1) is 13.8 Å². The highest BCUT2D eigenvalue weighted by atomic mass is 15.1. The largest absolute Gasteiger partial charge is 0.310 e. The second kappa shape index (κ2) is 13.1. The van der Waals surface area contributed by atoms with Gasteiger partial charge in [-0.1, -0.05) is 149 Å². The average molecular weight is 734 g/mol. The van der Waals surface area contributed by atoms with Crippen molar-refractivity contribution in [3.63, 3.8) is 0 Å². The average Bonchev–Trinajstić information content (AvgIpc) is 3.61. The Balaban J connectivity index is 1.16. The number of fused-ring (bicyclic) bond motifs is 6. The standard InChI is InChI=1S/C56H47N/c1-36-29-40(43-32-41(38-17-9-7-10-18-38)31-42(33-43)39-19-11-8-12-20-39)30-37(2)54(36)57(44-25-27-48-46-21-13-15-23-50(46)55(3,4)52(48)34-44)45-26-28-49-47-22-14-16-24-51(47)56(5,6)53(49)35-45/h7-35H,1-6H3. The van der Waals surface area contributed by atoms with E-state index in [9.17, 15) is 0 Å². The highest BCUT2D eigenvalue weighted by molar-refractivity contribution is 5.91. The SMILES string of the molecule is Cc1cc(-c2cc(-c3ccccc3)cc(-c3ccccc3)c2)cc(C)c1N(c1ccc2c(c1)C(C)(C)c1ccccc1-2)c1ccc2c(c1)C(C)(C)c1ccccc1-2. The van der Waals surface area contributed by atoms with Crippen LogP contribution in [0.4, 0.5) is 17.1 Å². The fourth-order valence-electron chi connectivity index (χ4n) is 9.93. The van der Waals surface area contributed by atoms with Gasteiger partial charge in [0, 0.05) is 22.2 Å². The van der Waals surface area contributed by atoms with Crippen molar-refractivity contribution in [2.75, 3.05) is 4.90 Å². The monoisotopic (exact) mass is 733 g/mol. The Morgan fingerprint density at radius 2 is 0.667 bits per heavy atom. The molecule has 1 heteroatoms. The first kappa shape index (κ1) is 35.0. The van der Waals surface area contributed by atoms with Crippen LogP contribution in [0.1, 0.15) is 61.1 Å². The van der Waals surface area contributed by atoms with E-state index in [2.05, 4.69) is 222 Å². The molecule has 8 aromatic rings. The molecule has 0 radical (unpaired) electrons. The second-order valence-corrected chi connectivity index (χ2v) is 17.1. The Morgan fingerprint density at radius 1 is 0.316 bits per heavy atom. The van der Waals surface area contributed by atoms with Gasteiger partial charge in [-0.2, -0.15) is 0 Å². The molecule has 0 aromatic heterocycles. The molecule has 0 unspecified atom stereocenters. The van der Waals surface area contributed by atoms with Gasteiger partial charge in [-0.05, 0) is 157 Å². The lowest BCUT2D eigenvalue weighted by atomic mass is 9.82. The molecule has 1 nitrogen and oxygen atoms in total. The summed E-state index contributed by atoms with van der Waals surface area (Å²) in [5, 5.41) is 0. The number of benzene rings is 8. The van der Waals surface area contributed by atoms with Crippen molar-refractivity contribution >= 4 is 17.1 Å². The lowest BCUT2D eigenvalue weighted by Gasteiger charge is -2.32. The first-order valence-electron chi connectivity index (χ1n) is 20.3. The zero-order chi connectivity index (χ0) is 39.1. The van der Waals surface area contributed by atoms with Crippen LogP contribution in [0.5, 0.6) is 0 Å². The maximum Gasteiger partial charge on any atom is 0.0520 e. The highest BCUT2D eigenvalue weighted by Gasteiger charge is 2.38. The van der Waals surface area contributed by atoms with Crippen molar-refractivity contribution < 1.29 is 0 Å². The lowest BCUT2D eigenvalue weighted by Crippen LogP contribution is -2.18. The number of hydrogen-bond acceptors (Lipinski definition) is 1. The first-order chi connectivity index (χ1) is 27.6. The lowest BCUT2D eigenvalue weighted by molar-refractivity contribution is 0.660. The molecule has 0 bridgehead atoms. The van der Waals surface area contributed by atoms with Gasteiger partial charge in [0.25, 0.3) is 0 Å². The molecule has 2 aliphatic carbocycles. The van der Waals surface area contributed by atoms with E-state index >= 15 is 0 Å². The van der Waals surface area contributed by atoms with Crippen molar-refractivity contribution in [1.82, 2.24) is 0 Å². The molecule has 0 saturated heterocycles. The summed E-state index contributed by atoms with van der Waals surface area (Å²) in [4.78, 5) is 2.53. The number of hydrogen-bond donors (Lipinski definition) is 0. The second-order valence-electron chi connectivity index (χ2n) is 17.1. The summed E-state index contributed by atoms with van der Waals surface area (Å²) < 4.78 is 0. The summed E-state index contributed by atoms with van der Waals surface area (Å²) in [6.45, 7) is 14.1. The molecule has 0 N–H and O–H groups in total. The highest BCUT2D eigenvalue weighted by Crippen LogP contribution is 2.53. The third-order valence-corrected chi connectivity index (χ3v) is 12.8. The van der Waals surface area contributed by atoms with Gasteiger partial charge >= 0.3 is 0 Å². The molecule has 0 spiro atoms. The molecule has 57 heavy (non-hydrogen) atoms. The molecular weight excluding hydrogens is 687 g/mol. The van der Waals surface area contributed by atoms with Crippen molar-refractivity contribution in [3.8, 4) is 55.6 Å². The zero-order valence-corrected chi connectivity index (χ0v) is 33.7. The molecule has 10 rings (SSSR count). The van der Waals surface area contributed by atoms with Crippen molar-refractivity contribution in [1.29, 1.82) is 0 Å². The molecular formula is C56H47N. The van der Waals surface area contributed by atoms with Crippen molar-refractivity contribution in [2.24, 2.45) is 0 Å². The van der Waals surface area contributed by atoms with Gasteiger partial charge in [-0.15, -0.1) is 0 Å². The van der Waals surface area contributed by atoms with Crippen LogP contribution in [0.2, 0.25) is 0 Å². The molecule has 0 saturated carbocycles. The van der Waals surface area contributed by atoms with Crippen LogP contribution < -0.4 is 4.90 Å². The minimum Gasteiger partial charge on any atom is -0.310 e. The maximum atomic E-state index is 2.53. The zero-order valence-electron chi connectivity index (χ0n) is 33.7. The van der Waals surface area contributed by atoms with E-state index in [0.717, 1.165) is 0 Å². The van der Waals surface area contributed by atoms with E-state index in [4.69, 9.17) is 0 Å². The van der Waals surface area contributed by atoms with E-state index < -0.39 is 0 Å². The summed E-state index contributed by atoms with van der Waals surface area (Å²) in [6, 6.07) is 65.5. The van der Waals surface area contributed by atoms with Gasteiger partial charge in [-0.25, -0.2) is 0 Å².